The summed E-state index contributed by atoms with van der Waals surface area (Å²) in [5, 5.41) is 68.8. The summed E-state index contributed by atoms with van der Waals surface area (Å²) in [4.78, 5) is 56.9. The monoisotopic (exact) mass is 895 g/mol. The number of carbonyl (C=O) groups is 2. The highest BCUT2D eigenvalue weighted by Gasteiger charge is 2.52. The van der Waals surface area contributed by atoms with Crippen LogP contribution in [0.1, 0.15) is 65.2 Å². The molecule has 21 heteroatoms. The summed E-state index contributed by atoms with van der Waals surface area (Å²) in [5.74, 6) is -3.63. The van der Waals surface area contributed by atoms with E-state index in [0.29, 0.717) is 0 Å². The van der Waals surface area contributed by atoms with Crippen molar-refractivity contribution in [1.29, 1.82) is 0 Å². The molecule has 2 fully saturated rings. The first-order valence-electron chi connectivity index (χ1n) is 19.9. The highest BCUT2D eigenvalue weighted by molar-refractivity contribution is 6.11. The van der Waals surface area contributed by atoms with Crippen LogP contribution in [0.5, 0.6) is 23.4 Å². The molecule has 8 atom stereocenters. The first-order valence-corrected chi connectivity index (χ1v) is 19.9. The Bertz CT molecular complexity index is 2590. The van der Waals surface area contributed by atoms with Crippen molar-refractivity contribution in [3.8, 4) is 23.4 Å². The summed E-state index contributed by atoms with van der Waals surface area (Å²) >= 11 is 0. The molecule has 2 amide bonds. The molecule has 2 aromatic carbocycles. The van der Waals surface area contributed by atoms with Gasteiger partial charge in [-0.25, -0.2) is 0 Å². The molecule has 64 heavy (non-hydrogen) atoms. The summed E-state index contributed by atoms with van der Waals surface area (Å²) in [6, 6.07) is 5.40. The molecule has 21 nitrogen and oxygen atoms in total. The molecule has 0 aliphatic carbocycles. The molecule has 0 spiro atoms. The number of amides is 2. The van der Waals surface area contributed by atoms with Gasteiger partial charge in [-0.2, -0.15) is 0 Å². The number of aryl methyl sites for hydroxylation is 2. The van der Waals surface area contributed by atoms with Crippen LogP contribution in [0.2, 0.25) is 0 Å². The second kappa shape index (κ2) is 16.8. The number of hydrogen-bond donors (Lipinski definition) is 9. The van der Waals surface area contributed by atoms with Crippen molar-refractivity contribution < 1.29 is 77.5 Å². The van der Waals surface area contributed by atoms with Gasteiger partial charge in [-0.05, 0) is 78.3 Å². The lowest BCUT2D eigenvalue weighted by atomic mass is 9.89. The molecule has 5 heterocycles. The van der Waals surface area contributed by atoms with Crippen LogP contribution in [0.4, 0.5) is 11.4 Å². The number of hydrogen-bond acceptors (Lipinski definition) is 18. The Morgan fingerprint density at radius 1 is 0.641 bits per heavy atom. The van der Waals surface area contributed by atoms with Gasteiger partial charge in [-0.15, -0.1) is 0 Å². The van der Waals surface area contributed by atoms with Crippen LogP contribution in [0.25, 0.3) is 21.9 Å². The van der Waals surface area contributed by atoms with Gasteiger partial charge in [0.2, 0.25) is 23.4 Å². The molecule has 0 radical (unpaired) electrons. The third-order valence-electron chi connectivity index (χ3n) is 11.7. The maximum atomic E-state index is 13.6. The molecular formula is C43H49N3O18. The average molecular weight is 896 g/mol. The summed E-state index contributed by atoms with van der Waals surface area (Å²) in [7, 11) is 2.74. The summed E-state index contributed by atoms with van der Waals surface area (Å²) in [6.45, 7) is 11.0. The van der Waals surface area contributed by atoms with Crippen LogP contribution in [0.3, 0.4) is 0 Å². The third-order valence-corrected chi connectivity index (χ3v) is 11.7. The molecule has 2 saturated heterocycles. The predicted octanol–water partition coefficient (Wildman–Crippen LogP) is 2.57. The molecule has 0 unspecified atom stereocenters. The normalized spacial score (nSPS) is 25.3. The zero-order valence-electron chi connectivity index (χ0n) is 36.1. The molecule has 2 aliphatic heterocycles. The number of aromatic hydroxyl groups is 2. The molecule has 3 aromatic heterocycles. The van der Waals surface area contributed by atoms with Gasteiger partial charge in [-0.1, -0.05) is 0 Å². The smallest absolute Gasteiger partial charge is 0.311 e. The zero-order valence-corrected chi connectivity index (χ0v) is 36.1. The summed E-state index contributed by atoms with van der Waals surface area (Å²) in [5.41, 5.74) is -5.16. The minimum absolute atomic E-state index is 0.0501. The van der Waals surface area contributed by atoms with Gasteiger partial charge >= 0.3 is 11.9 Å². The Labute approximate surface area is 363 Å². The van der Waals surface area contributed by atoms with Crippen LogP contribution in [-0.2, 0) is 18.9 Å². The van der Waals surface area contributed by atoms with E-state index >= 15 is 0 Å². The number of aromatic nitrogens is 1. The number of nitrogens with one attached hydrogen (secondary N) is 3. The van der Waals surface area contributed by atoms with E-state index in [-0.39, 0.29) is 61.4 Å². The number of rotatable bonds is 10. The second-order valence-corrected chi connectivity index (χ2v) is 16.7. The van der Waals surface area contributed by atoms with Crippen molar-refractivity contribution in [2.45, 2.75) is 109 Å². The number of carbonyl (C=O) groups excluding carboxylic acids is 2. The molecule has 7 rings (SSSR count). The molecule has 9 N–H and O–H groups in total. The SMILES string of the molecule is CO[C@@H]1[C@@H](O)[C@@H](O)[C@H](Oc2ccc3c(=O)c(NC(=O)c4c[nH]c(C(=O)Nc5c(O)oc6c(C)c(O[C@@H]7OC(C)(C)[C@H](OC)[C@@H](O)[C@H]7O)ccc6c5=O)c4C)c(O)oc3c2C)OC1(C)C. The lowest BCUT2D eigenvalue weighted by Crippen LogP contribution is -2.63. The van der Waals surface area contributed by atoms with Gasteiger partial charge in [0.05, 0.1) is 27.5 Å². The summed E-state index contributed by atoms with van der Waals surface area (Å²) < 4.78 is 45.3. The van der Waals surface area contributed by atoms with Crippen LogP contribution >= 0.6 is 0 Å². The average Bonchev–Trinajstić information content (AvgIpc) is 3.62. The van der Waals surface area contributed by atoms with Crippen molar-refractivity contribution in [2.75, 3.05) is 24.9 Å². The van der Waals surface area contributed by atoms with E-state index in [2.05, 4.69) is 15.6 Å². The van der Waals surface area contributed by atoms with Crippen molar-refractivity contribution in [3.63, 3.8) is 0 Å². The number of methoxy groups -OCH3 is 2. The van der Waals surface area contributed by atoms with Gasteiger partial charge in [-0.3, -0.25) is 19.2 Å². The van der Waals surface area contributed by atoms with Crippen LogP contribution < -0.4 is 31.0 Å². The van der Waals surface area contributed by atoms with E-state index in [9.17, 15) is 49.8 Å². The van der Waals surface area contributed by atoms with Crippen molar-refractivity contribution in [1.82, 2.24) is 4.98 Å². The highest BCUT2D eigenvalue weighted by atomic mass is 16.7. The van der Waals surface area contributed by atoms with E-state index in [1.165, 1.54) is 59.3 Å². The predicted molar refractivity (Wildman–Crippen MR) is 224 cm³/mol. The Morgan fingerprint density at radius 3 is 1.45 bits per heavy atom. The first-order chi connectivity index (χ1) is 30.0. The van der Waals surface area contributed by atoms with Gasteiger partial charge < -0.3 is 83.5 Å². The lowest BCUT2D eigenvalue weighted by Gasteiger charge is -2.46. The topological polar surface area (TPSA) is 311 Å². The fourth-order valence-corrected chi connectivity index (χ4v) is 8.19. The van der Waals surface area contributed by atoms with E-state index in [4.69, 9.17) is 37.3 Å². The molecule has 344 valence electrons. The van der Waals surface area contributed by atoms with E-state index < -0.39 is 106 Å². The number of ether oxygens (including phenoxy) is 6. The largest absolute Gasteiger partial charge is 0.479 e. The van der Waals surface area contributed by atoms with Crippen molar-refractivity contribution in [2.24, 2.45) is 0 Å². The second-order valence-electron chi connectivity index (χ2n) is 16.7. The molecule has 0 bridgehead atoms. The van der Waals surface area contributed by atoms with E-state index in [0.717, 1.165) is 6.20 Å². The number of aliphatic hydroxyl groups is 4. The van der Waals surface area contributed by atoms with E-state index in [1.54, 1.807) is 27.7 Å². The Hall–Kier alpha value is -6.04. The van der Waals surface area contributed by atoms with E-state index in [1.807, 2.05) is 0 Å². The Morgan fingerprint density at radius 2 is 1.05 bits per heavy atom. The lowest BCUT2D eigenvalue weighted by molar-refractivity contribution is -0.306. The Balaban J connectivity index is 1.07. The molecule has 2 aliphatic rings. The Kier molecular flexibility index (Phi) is 12.1. The molecule has 0 saturated carbocycles. The minimum Gasteiger partial charge on any atom is -0.479 e. The highest BCUT2D eigenvalue weighted by Crippen LogP contribution is 2.38. The van der Waals surface area contributed by atoms with Gasteiger partial charge in [0.15, 0.2) is 11.4 Å². The summed E-state index contributed by atoms with van der Waals surface area (Å²) in [6.07, 6.45) is -9.04. The maximum absolute atomic E-state index is 13.6. The zero-order chi connectivity index (χ0) is 46.9. The van der Waals surface area contributed by atoms with Crippen LogP contribution in [-0.4, -0.2) is 122 Å². The fraction of sp³-hybridized carbons (Fsp3) is 0.442. The molecule has 5 aromatic rings. The van der Waals surface area contributed by atoms with Crippen molar-refractivity contribution in [3.05, 3.63) is 78.9 Å². The van der Waals surface area contributed by atoms with Crippen molar-refractivity contribution >= 4 is 45.1 Å². The van der Waals surface area contributed by atoms with Gasteiger partial charge in [0.1, 0.15) is 65.0 Å². The number of anilines is 2. The standard InChI is InChI=1S/C43H49N3O18/c1-15-20(36(53)45-24-26(47)18-10-12-21(16(2)32(18)61-38(24)55)59-40-30(51)28(49)34(57-8)42(4,5)63-40)14-44-23(15)37(54)46-25-27(48)19-11-13-22(17(3)33(19)62-39(25)56)60-41-31(52)29(50)35(58-9)43(6,7)64-41/h10-14,28-31,34-35,40-41,44,49-52,55-56H,1-9H3,(H,45,53)(H,46,54)/t28-,29-,30+,31+,34+,35+,40+,41+/m0/s1. The van der Waals surface area contributed by atoms with Crippen LogP contribution in [0.15, 0.2) is 48.9 Å². The van der Waals surface area contributed by atoms with Gasteiger partial charge in [0, 0.05) is 31.5 Å². The van der Waals surface area contributed by atoms with Gasteiger partial charge in [0.25, 0.3) is 11.8 Å². The first kappa shape index (κ1) is 46.0. The number of aromatic amines is 1. The quantitative estimate of drug-likeness (QED) is 0.0973. The minimum atomic E-state index is -1.52. The maximum Gasteiger partial charge on any atom is 0.311 e. The number of fused-ring (bicyclic) bond motifs is 2. The van der Waals surface area contributed by atoms with Crippen LogP contribution in [0, 0.1) is 20.8 Å². The third kappa shape index (κ3) is 7.83. The number of H-pyrrole nitrogens is 1. The number of aliphatic hydroxyl groups excluding tert-OH is 4. The molecular weight excluding hydrogens is 846 g/mol. The number of benzene rings is 2. The fourth-order valence-electron chi connectivity index (χ4n) is 8.19.